The van der Waals surface area contributed by atoms with Crippen LogP contribution in [-0.2, 0) is 0 Å². The third-order valence-corrected chi connectivity index (χ3v) is 4.00. The molecule has 3 rings (SSSR count). The Kier molecular flexibility index (Phi) is 3.64. The van der Waals surface area contributed by atoms with Gasteiger partial charge in [0.1, 0.15) is 11.9 Å². The van der Waals surface area contributed by atoms with Crippen LogP contribution < -0.4 is 5.32 Å². The molecule has 1 aromatic carbocycles. The highest BCUT2D eigenvalue weighted by atomic mass is 15.0. The van der Waals surface area contributed by atoms with E-state index in [4.69, 9.17) is 0 Å². The number of nitrogens with zero attached hydrogens (tertiary/aromatic N) is 2. The minimum Gasteiger partial charge on any atom is -0.362 e. The van der Waals surface area contributed by atoms with Crippen molar-refractivity contribution in [2.75, 3.05) is 5.32 Å². The molecule has 1 saturated carbocycles. The molecular weight excluding hydrogens is 246 g/mol. The van der Waals surface area contributed by atoms with E-state index in [-0.39, 0.29) is 6.04 Å². The van der Waals surface area contributed by atoms with Gasteiger partial charge in [-0.05, 0) is 36.5 Å². The van der Waals surface area contributed by atoms with Gasteiger partial charge < -0.3 is 5.32 Å². The second-order valence-corrected chi connectivity index (χ2v) is 5.24. The molecule has 0 spiro atoms. The summed E-state index contributed by atoms with van der Waals surface area (Å²) in [5, 5.41) is 12.7. The molecule has 0 radical (unpaired) electrons. The van der Waals surface area contributed by atoms with Crippen LogP contribution in [0.2, 0.25) is 0 Å². The Labute approximate surface area is 119 Å². The number of anilines is 1. The number of aromatic nitrogens is 1. The number of rotatable bonds is 4. The lowest BCUT2D eigenvalue weighted by atomic mass is 9.77. The van der Waals surface area contributed by atoms with Crippen molar-refractivity contribution in [1.82, 2.24) is 4.98 Å². The van der Waals surface area contributed by atoms with E-state index in [1.165, 1.54) is 24.8 Å². The molecule has 1 atom stereocenters. The summed E-state index contributed by atoms with van der Waals surface area (Å²) >= 11 is 0. The van der Waals surface area contributed by atoms with Gasteiger partial charge in [-0.3, -0.25) is 0 Å². The molecule has 0 aliphatic heterocycles. The number of benzene rings is 1. The fraction of sp³-hybridized carbons (Fsp3) is 0.294. The molecule has 1 N–H and O–H groups in total. The Bertz CT molecular complexity index is 612. The number of hydrogen-bond acceptors (Lipinski definition) is 3. The minimum atomic E-state index is 0.243. The molecule has 1 heterocycles. The Balaban J connectivity index is 1.89. The van der Waals surface area contributed by atoms with Gasteiger partial charge in [0.15, 0.2) is 0 Å². The Morgan fingerprint density at radius 1 is 1.15 bits per heavy atom. The molecule has 1 fully saturated rings. The summed E-state index contributed by atoms with van der Waals surface area (Å²) in [6, 6.07) is 16.5. The van der Waals surface area contributed by atoms with Crippen molar-refractivity contribution < 1.29 is 0 Å². The summed E-state index contributed by atoms with van der Waals surface area (Å²) in [7, 11) is 0. The van der Waals surface area contributed by atoms with E-state index < -0.39 is 0 Å². The fourth-order valence-electron chi connectivity index (χ4n) is 2.66. The standard InChI is InChI=1S/C17H17N3/c18-12-15-10-5-11-19-17(15)20-16(14-8-4-9-14)13-6-2-1-3-7-13/h1-3,5-7,10-11,14,16H,4,8-9H2,(H,19,20). The van der Waals surface area contributed by atoms with Crippen LogP contribution in [0.25, 0.3) is 0 Å². The Morgan fingerprint density at radius 2 is 1.95 bits per heavy atom. The SMILES string of the molecule is N#Cc1cccnc1NC(c1ccccc1)C1CCC1. The minimum absolute atomic E-state index is 0.243. The van der Waals surface area contributed by atoms with E-state index in [1.54, 1.807) is 18.3 Å². The molecule has 3 heteroatoms. The fourth-order valence-corrected chi connectivity index (χ4v) is 2.66. The molecule has 100 valence electrons. The van der Waals surface area contributed by atoms with E-state index in [0.717, 1.165) is 0 Å². The van der Waals surface area contributed by atoms with Gasteiger partial charge in [-0.15, -0.1) is 0 Å². The summed E-state index contributed by atoms with van der Waals surface area (Å²) in [6.07, 6.45) is 5.50. The summed E-state index contributed by atoms with van der Waals surface area (Å²) in [5.74, 6) is 1.32. The van der Waals surface area contributed by atoms with Crippen LogP contribution >= 0.6 is 0 Å². The number of hydrogen-bond donors (Lipinski definition) is 1. The molecule has 0 amide bonds. The van der Waals surface area contributed by atoms with E-state index in [9.17, 15) is 5.26 Å². The smallest absolute Gasteiger partial charge is 0.144 e. The monoisotopic (exact) mass is 263 g/mol. The van der Waals surface area contributed by atoms with Gasteiger partial charge >= 0.3 is 0 Å². The van der Waals surface area contributed by atoms with Crippen molar-refractivity contribution in [3.8, 4) is 6.07 Å². The van der Waals surface area contributed by atoms with Gasteiger partial charge in [-0.1, -0.05) is 36.8 Å². The normalized spacial score (nSPS) is 15.9. The zero-order chi connectivity index (χ0) is 13.8. The van der Waals surface area contributed by atoms with Crippen LogP contribution in [0.5, 0.6) is 0 Å². The lowest BCUT2D eigenvalue weighted by Crippen LogP contribution is -2.27. The van der Waals surface area contributed by atoms with Crippen molar-refractivity contribution in [1.29, 1.82) is 5.26 Å². The van der Waals surface area contributed by atoms with Gasteiger partial charge in [0.2, 0.25) is 0 Å². The average molecular weight is 263 g/mol. The number of pyridine rings is 1. The number of nitriles is 1. The summed E-state index contributed by atoms with van der Waals surface area (Å²) < 4.78 is 0. The van der Waals surface area contributed by atoms with E-state index in [1.807, 2.05) is 6.07 Å². The van der Waals surface area contributed by atoms with Crippen molar-refractivity contribution in [3.63, 3.8) is 0 Å². The maximum absolute atomic E-state index is 9.18. The van der Waals surface area contributed by atoms with E-state index in [0.29, 0.717) is 17.3 Å². The third-order valence-electron chi connectivity index (χ3n) is 4.00. The maximum Gasteiger partial charge on any atom is 0.144 e. The van der Waals surface area contributed by atoms with Gasteiger partial charge in [0.05, 0.1) is 11.6 Å². The second kappa shape index (κ2) is 5.75. The molecule has 0 bridgehead atoms. The van der Waals surface area contributed by atoms with Crippen molar-refractivity contribution in [3.05, 3.63) is 59.8 Å². The van der Waals surface area contributed by atoms with Crippen LogP contribution in [-0.4, -0.2) is 4.98 Å². The largest absolute Gasteiger partial charge is 0.362 e. The quantitative estimate of drug-likeness (QED) is 0.909. The second-order valence-electron chi connectivity index (χ2n) is 5.24. The zero-order valence-corrected chi connectivity index (χ0v) is 11.3. The van der Waals surface area contributed by atoms with Crippen LogP contribution in [0.15, 0.2) is 48.7 Å². The topological polar surface area (TPSA) is 48.7 Å². The van der Waals surface area contributed by atoms with Gasteiger partial charge in [0.25, 0.3) is 0 Å². The Hall–Kier alpha value is -2.34. The molecule has 20 heavy (non-hydrogen) atoms. The maximum atomic E-state index is 9.18. The molecule has 1 aliphatic rings. The molecule has 1 unspecified atom stereocenters. The van der Waals surface area contributed by atoms with Gasteiger partial charge in [-0.2, -0.15) is 5.26 Å². The van der Waals surface area contributed by atoms with Crippen molar-refractivity contribution >= 4 is 5.82 Å². The van der Waals surface area contributed by atoms with Crippen LogP contribution in [0.1, 0.15) is 36.4 Å². The molecule has 1 aliphatic carbocycles. The average Bonchev–Trinajstić information content (AvgIpc) is 2.46. The van der Waals surface area contributed by atoms with E-state index in [2.05, 4.69) is 40.6 Å². The third kappa shape index (κ3) is 2.50. The van der Waals surface area contributed by atoms with Crippen LogP contribution in [0.3, 0.4) is 0 Å². The van der Waals surface area contributed by atoms with Crippen molar-refractivity contribution in [2.24, 2.45) is 5.92 Å². The lowest BCUT2D eigenvalue weighted by molar-refractivity contribution is 0.277. The molecule has 1 aromatic heterocycles. The lowest BCUT2D eigenvalue weighted by Gasteiger charge is -2.35. The number of nitrogens with one attached hydrogen (secondary N) is 1. The molecule has 0 saturated heterocycles. The highest BCUT2D eigenvalue weighted by Gasteiger charge is 2.29. The summed E-state index contributed by atoms with van der Waals surface area (Å²) in [6.45, 7) is 0. The molecule has 2 aromatic rings. The highest BCUT2D eigenvalue weighted by Crippen LogP contribution is 2.39. The van der Waals surface area contributed by atoms with Gasteiger partial charge in [0, 0.05) is 6.20 Å². The van der Waals surface area contributed by atoms with Crippen molar-refractivity contribution in [2.45, 2.75) is 25.3 Å². The Morgan fingerprint density at radius 3 is 2.60 bits per heavy atom. The molecule has 3 nitrogen and oxygen atoms in total. The summed E-state index contributed by atoms with van der Waals surface area (Å²) in [4.78, 5) is 4.32. The van der Waals surface area contributed by atoms with E-state index >= 15 is 0 Å². The summed E-state index contributed by atoms with van der Waals surface area (Å²) in [5.41, 5.74) is 1.87. The van der Waals surface area contributed by atoms with Gasteiger partial charge in [-0.25, -0.2) is 4.98 Å². The predicted octanol–water partition coefficient (Wildman–Crippen LogP) is 3.91. The first-order valence-corrected chi connectivity index (χ1v) is 7.05. The zero-order valence-electron chi connectivity index (χ0n) is 11.3. The first-order valence-electron chi connectivity index (χ1n) is 7.05. The van der Waals surface area contributed by atoms with Crippen LogP contribution in [0.4, 0.5) is 5.82 Å². The van der Waals surface area contributed by atoms with Crippen LogP contribution in [0, 0.1) is 17.2 Å². The molecular formula is C17H17N3. The highest BCUT2D eigenvalue weighted by molar-refractivity contribution is 5.52. The first kappa shape index (κ1) is 12.7. The predicted molar refractivity (Wildman–Crippen MR) is 79.1 cm³/mol. The first-order chi connectivity index (χ1) is 9.88.